The smallest absolute Gasteiger partial charge is 0.272 e. The summed E-state index contributed by atoms with van der Waals surface area (Å²) < 4.78 is 4.28. The van der Waals surface area contributed by atoms with Crippen LogP contribution < -0.4 is 5.32 Å². The van der Waals surface area contributed by atoms with Gasteiger partial charge in [-0.1, -0.05) is 79.8 Å². The van der Waals surface area contributed by atoms with Gasteiger partial charge in [-0.15, -0.1) is 0 Å². The van der Waals surface area contributed by atoms with E-state index in [9.17, 15) is 4.79 Å². The number of carbonyl (C=O) groups excluding carboxylic acids is 1. The molecule has 0 radical (unpaired) electrons. The molecule has 0 fully saturated rings. The van der Waals surface area contributed by atoms with Crippen LogP contribution in [-0.4, -0.2) is 18.7 Å². The van der Waals surface area contributed by atoms with E-state index in [1.165, 1.54) is 0 Å². The highest BCUT2D eigenvalue weighted by atomic mass is 35.6. The zero-order chi connectivity index (χ0) is 17.8. The van der Waals surface area contributed by atoms with E-state index in [4.69, 9.17) is 39.2 Å². The SMILES string of the molecule is C[SiH](C)OC(c1cccc(CNC(=O)C(Cl)(Cl)Cl)c1)C(C)(C)C. The van der Waals surface area contributed by atoms with E-state index in [1.807, 2.05) is 24.3 Å². The lowest BCUT2D eigenvalue weighted by Crippen LogP contribution is -2.34. The highest BCUT2D eigenvalue weighted by molar-refractivity contribution is 6.76. The summed E-state index contributed by atoms with van der Waals surface area (Å²) in [7, 11) is -1.19. The first kappa shape index (κ1) is 20.8. The molecule has 1 unspecified atom stereocenters. The topological polar surface area (TPSA) is 38.3 Å². The first-order chi connectivity index (χ1) is 10.4. The molecule has 1 N–H and O–H groups in total. The molecule has 130 valence electrons. The molecular formula is C16H24Cl3NO2Si. The van der Waals surface area contributed by atoms with Crippen molar-refractivity contribution >= 4 is 49.8 Å². The van der Waals surface area contributed by atoms with Crippen LogP contribution in [0, 0.1) is 5.41 Å². The Morgan fingerprint density at radius 3 is 2.35 bits per heavy atom. The minimum Gasteiger partial charge on any atom is -0.413 e. The van der Waals surface area contributed by atoms with Gasteiger partial charge >= 0.3 is 0 Å². The summed E-state index contributed by atoms with van der Waals surface area (Å²) in [6.45, 7) is 11.1. The molecule has 3 nitrogen and oxygen atoms in total. The van der Waals surface area contributed by atoms with Crippen LogP contribution in [0.5, 0.6) is 0 Å². The average molecular weight is 397 g/mol. The molecular weight excluding hydrogens is 373 g/mol. The van der Waals surface area contributed by atoms with Crippen molar-refractivity contribution in [2.45, 2.75) is 50.3 Å². The zero-order valence-corrected chi connectivity index (χ0v) is 17.5. The maximum absolute atomic E-state index is 11.6. The predicted octanol–water partition coefficient (Wildman–Crippen LogP) is 4.76. The molecule has 1 amide bonds. The fourth-order valence-electron chi connectivity index (χ4n) is 2.20. The van der Waals surface area contributed by atoms with Crippen LogP contribution in [0.3, 0.4) is 0 Å². The minimum absolute atomic E-state index is 0.0120. The molecule has 0 aliphatic carbocycles. The van der Waals surface area contributed by atoms with Crippen molar-refractivity contribution in [3.05, 3.63) is 35.4 Å². The maximum Gasteiger partial charge on any atom is 0.272 e. The molecule has 1 atom stereocenters. The number of alkyl halides is 3. The number of halogens is 3. The number of nitrogens with one attached hydrogen (secondary N) is 1. The predicted molar refractivity (Wildman–Crippen MR) is 101 cm³/mol. The summed E-state index contributed by atoms with van der Waals surface area (Å²) in [6, 6.07) is 7.96. The normalized spacial score (nSPS) is 14.0. The maximum atomic E-state index is 11.6. The molecule has 0 aliphatic rings. The lowest BCUT2D eigenvalue weighted by atomic mass is 9.84. The second-order valence-corrected chi connectivity index (χ2v) is 11.5. The number of hydrogen-bond acceptors (Lipinski definition) is 2. The van der Waals surface area contributed by atoms with Crippen LogP contribution in [0.2, 0.25) is 13.1 Å². The molecule has 23 heavy (non-hydrogen) atoms. The number of carbonyl (C=O) groups is 1. The van der Waals surface area contributed by atoms with Gasteiger partial charge in [-0.3, -0.25) is 4.79 Å². The molecule has 0 saturated carbocycles. The molecule has 1 aromatic carbocycles. The standard InChI is InChI=1S/C16H24Cl3NO2Si/c1-15(2,3)13(22-23(4)5)12-8-6-7-11(9-12)10-20-14(21)16(17,18)19/h6-9,13,23H,10H2,1-5H3,(H,20,21). The van der Waals surface area contributed by atoms with E-state index >= 15 is 0 Å². The van der Waals surface area contributed by atoms with Crippen LogP contribution in [0.1, 0.15) is 38.0 Å². The molecule has 7 heteroatoms. The summed E-state index contributed by atoms with van der Waals surface area (Å²) in [4.78, 5) is 11.6. The lowest BCUT2D eigenvalue weighted by Gasteiger charge is -2.33. The van der Waals surface area contributed by atoms with Crippen LogP contribution in [0.15, 0.2) is 24.3 Å². The molecule has 0 aliphatic heterocycles. The van der Waals surface area contributed by atoms with Crippen LogP contribution in [0.4, 0.5) is 0 Å². The van der Waals surface area contributed by atoms with E-state index in [-0.39, 0.29) is 11.5 Å². The number of amides is 1. The Kier molecular flexibility index (Phi) is 7.42. The van der Waals surface area contributed by atoms with E-state index in [1.54, 1.807) is 0 Å². The van der Waals surface area contributed by atoms with Crippen molar-refractivity contribution in [2.24, 2.45) is 5.41 Å². The summed E-state index contributed by atoms with van der Waals surface area (Å²) in [5.74, 6) is -0.633. The average Bonchev–Trinajstić information content (AvgIpc) is 2.40. The summed E-state index contributed by atoms with van der Waals surface area (Å²) in [5, 5.41) is 2.62. The Morgan fingerprint density at radius 2 is 1.87 bits per heavy atom. The van der Waals surface area contributed by atoms with Crippen LogP contribution >= 0.6 is 34.8 Å². The van der Waals surface area contributed by atoms with Gasteiger partial charge in [0, 0.05) is 6.54 Å². The number of rotatable bonds is 5. The second-order valence-electron chi connectivity index (χ2n) is 6.86. The highest BCUT2D eigenvalue weighted by Crippen LogP contribution is 2.36. The van der Waals surface area contributed by atoms with Gasteiger partial charge in [0.25, 0.3) is 9.70 Å². The van der Waals surface area contributed by atoms with Crippen LogP contribution in [-0.2, 0) is 15.8 Å². The van der Waals surface area contributed by atoms with Crippen molar-refractivity contribution in [1.29, 1.82) is 0 Å². The third kappa shape index (κ3) is 7.02. The molecule has 0 spiro atoms. The van der Waals surface area contributed by atoms with Crippen molar-refractivity contribution < 1.29 is 9.22 Å². The van der Waals surface area contributed by atoms with E-state index in [0.717, 1.165) is 11.1 Å². The van der Waals surface area contributed by atoms with Gasteiger partial charge in [0.2, 0.25) is 0 Å². The first-order valence-corrected chi connectivity index (χ1v) is 11.4. The van der Waals surface area contributed by atoms with Crippen molar-refractivity contribution in [1.82, 2.24) is 5.32 Å². The summed E-state index contributed by atoms with van der Waals surface area (Å²) >= 11 is 16.7. The Bertz CT molecular complexity index is 539. The van der Waals surface area contributed by atoms with Gasteiger partial charge in [0.05, 0.1) is 6.10 Å². The van der Waals surface area contributed by atoms with E-state index < -0.39 is 18.7 Å². The van der Waals surface area contributed by atoms with E-state index in [2.05, 4.69) is 39.2 Å². The third-order valence-electron chi connectivity index (χ3n) is 3.16. The lowest BCUT2D eigenvalue weighted by molar-refractivity contribution is -0.120. The third-order valence-corrected chi connectivity index (χ3v) is 4.49. The molecule has 1 aromatic rings. The van der Waals surface area contributed by atoms with Crippen LogP contribution in [0.25, 0.3) is 0 Å². The first-order valence-electron chi connectivity index (χ1n) is 7.50. The second kappa shape index (κ2) is 8.21. The molecule has 0 saturated heterocycles. The van der Waals surface area contributed by atoms with Gasteiger partial charge in [-0.2, -0.15) is 0 Å². The fraction of sp³-hybridized carbons (Fsp3) is 0.562. The monoisotopic (exact) mass is 395 g/mol. The van der Waals surface area contributed by atoms with Gasteiger partial charge in [0.1, 0.15) is 0 Å². The fourth-order valence-corrected chi connectivity index (χ4v) is 3.51. The Morgan fingerprint density at radius 1 is 1.26 bits per heavy atom. The van der Waals surface area contributed by atoms with Crippen molar-refractivity contribution in [3.63, 3.8) is 0 Å². The largest absolute Gasteiger partial charge is 0.413 e. The summed E-state index contributed by atoms with van der Waals surface area (Å²) in [5.41, 5.74) is 2.02. The van der Waals surface area contributed by atoms with E-state index in [0.29, 0.717) is 6.54 Å². The van der Waals surface area contributed by atoms with Gasteiger partial charge < -0.3 is 9.74 Å². The number of benzene rings is 1. The van der Waals surface area contributed by atoms with Crippen molar-refractivity contribution in [3.8, 4) is 0 Å². The quantitative estimate of drug-likeness (QED) is 0.575. The highest BCUT2D eigenvalue weighted by Gasteiger charge is 2.30. The Balaban J connectivity index is 2.92. The van der Waals surface area contributed by atoms with Gasteiger partial charge in [-0.05, 0) is 29.6 Å². The number of hydrogen-bond donors (Lipinski definition) is 1. The zero-order valence-electron chi connectivity index (χ0n) is 14.1. The Hall–Kier alpha value is -0.263. The molecule has 0 aromatic heterocycles. The Labute approximate surface area is 155 Å². The minimum atomic E-state index is -1.95. The van der Waals surface area contributed by atoms with Crippen molar-refractivity contribution in [2.75, 3.05) is 0 Å². The molecule has 0 heterocycles. The summed E-state index contributed by atoms with van der Waals surface area (Å²) in [6.07, 6.45) is 0.0120. The van der Waals surface area contributed by atoms with Gasteiger partial charge in [-0.25, -0.2) is 0 Å². The molecule has 1 rings (SSSR count). The molecule has 0 bridgehead atoms. The van der Waals surface area contributed by atoms with Gasteiger partial charge in [0.15, 0.2) is 9.04 Å².